The van der Waals surface area contributed by atoms with E-state index in [1.165, 1.54) is 5.69 Å². The highest BCUT2D eigenvalue weighted by atomic mass is 16.5. The van der Waals surface area contributed by atoms with Gasteiger partial charge in [-0.25, -0.2) is 0 Å². The summed E-state index contributed by atoms with van der Waals surface area (Å²) in [6, 6.07) is 12.1. The third-order valence-electron chi connectivity index (χ3n) is 2.65. The van der Waals surface area contributed by atoms with Crippen molar-refractivity contribution in [3.63, 3.8) is 0 Å². The van der Waals surface area contributed by atoms with Gasteiger partial charge in [0.2, 0.25) is 0 Å². The average molecular weight is 228 g/mol. The molecule has 2 aromatic rings. The summed E-state index contributed by atoms with van der Waals surface area (Å²) >= 11 is 0. The molecule has 1 heterocycles. The van der Waals surface area contributed by atoms with E-state index in [4.69, 9.17) is 4.74 Å². The Kier molecular flexibility index (Phi) is 3.28. The van der Waals surface area contributed by atoms with Crippen molar-refractivity contribution in [3.05, 3.63) is 42.6 Å². The Morgan fingerprint density at radius 1 is 1.06 bits per heavy atom. The maximum absolute atomic E-state index is 5.19. The molecule has 0 unspecified atom stereocenters. The van der Waals surface area contributed by atoms with Crippen LogP contribution in [0.2, 0.25) is 0 Å². The van der Waals surface area contributed by atoms with E-state index in [9.17, 15) is 0 Å². The fraction of sp³-hybridized carbons (Fsp3) is 0.214. The molecule has 0 amide bonds. The SMILES string of the molecule is COc1ccnc(-c2ccc(N(C)C)cc2)c1. The molecular formula is C14H16N2O. The maximum atomic E-state index is 5.19. The molecule has 0 N–H and O–H groups in total. The van der Waals surface area contributed by atoms with E-state index in [0.717, 1.165) is 17.0 Å². The van der Waals surface area contributed by atoms with E-state index in [-0.39, 0.29) is 0 Å². The van der Waals surface area contributed by atoms with Gasteiger partial charge < -0.3 is 9.64 Å². The van der Waals surface area contributed by atoms with Gasteiger partial charge in [-0.1, -0.05) is 12.1 Å². The van der Waals surface area contributed by atoms with Gasteiger partial charge in [0.25, 0.3) is 0 Å². The van der Waals surface area contributed by atoms with Crippen molar-refractivity contribution < 1.29 is 4.74 Å². The first-order chi connectivity index (χ1) is 8.20. The van der Waals surface area contributed by atoms with Crippen LogP contribution in [0.15, 0.2) is 42.6 Å². The largest absolute Gasteiger partial charge is 0.497 e. The summed E-state index contributed by atoms with van der Waals surface area (Å²) in [4.78, 5) is 6.41. The second kappa shape index (κ2) is 4.87. The number of benzene rings is 1. The second-order valence-corrected chi connectivity index (χ2v) is 4.02. The third kappa shape index (κ3) is 2.56. The predicted octanol–water partition coefficient (Wildman–Crippen LogP) is 2.82. The molecule has 0 radical (unpaired) electrons. The lowest BCUT2D eigenvalue weighted by Crippen LogP contribution is -2.07. The van der Waals surface area contributed by atoms with Crippen molar-refractivity contribution in [2.75, 3.05) is 26.1 Å². The fourth-order valence-electron chi connectivity index (χ4n) is 1.63. The van der Waals surface area contributed by atoms with Crippen LogP contribution >= 0.6 is 0 Å². The number of aromatic nitrogens is 1. The van der Waals surface area contributed by atoms with E-state index in [0.29, 0.717) is 0 Å². The molecule has 0 saturated carbocycles. The second-order valence-electron chi connectivity index (χ2n) is 4.02. The van der Waals surface area contributed by atoms with Crippen LogP contribution in [-0.4, -0.2) is 26.2 Å². The Morgan fingerprint density at radius 3 is 2.35 bits per heavy atom. The third-order valence-corrected chi connectivity index (χ3v) is 2.65. The molecule has 0 spiro atoms. The summed E-state index contributed by atoms with van der Waals surface area (Å²) in [6.07, 6.45) is 1.76. The van der Waals surface area contributed by atoms with Gasteiger partial charge in [-0.15, -0.1) is 0 Å². The fourth-order valence-corrected chi connectivity index (χ4v) is 1.63. The van der Waals surface area contributed by atoms with Gasteiger partial charge in [-0.3, -0.25) is 4.98 Å². The minimum Gasteiger partial charge on any atom is -0.497 e. The summed E-state index contributed by atoms with van der Waals surface area (Å²) in [5.41, 5.74) is 3.20. The van der Waals surface area contributed by atoms with Crippen molar-refractivity contribution in [2.45, 2.75) is 0 Å². The lowest BCUT2D eigenvalue weighted by Gasteiger charge is -2.12. The Bertz CT molecular complexity index is 492. The van der Waals surface area contributed by atoms with Gasteiger partial charge in [-0.2, -0.15) is 0 Å². The van der Waals surface area contributed by atoms with Crippen molar-refractivity contribution in [1.29, 1.82) is 0 Å². The van der Waals surface area contributed by atoms with Gasteiger partial charge in [0.15, 0.2) is 0 Å². The minimum atomic E-state index is 0.826. The van der Waals surface area contributed by atoms with Crippen molar-refractivity contribution in [2.24, 2.45) is 0 Å². The normalized spacial score (nSPS) is 10.1. The molecule has 0 fully saturated rings. The van der Waals surface area contributed by atoms with Crippen LogP contribution in [0.25, 0.3) is 11.3 Å². The molecule has 0 aliphatic rings. The predicted molar refractivity (Wildman–Crippen MR) is 70.6 cm³/mol. The number of rotatable bonds is 3. The van der Waals surface area contributed by atoms with E-state index in [1.54, 1.807) is 13.3 Å². The van der Waals surface area contributed by atoms with E-state index in [2.05, 4.69) is 34.1 Å². The number of anilines is 1. The summed E-state index contributed by atoms with van der Waals surface area (Å²) < 4.78 is 5.19. The molecule has 1 aromatic carbocycles. The van der Waals surface area contributed by atoms with Crippen LogP contribution in [-0.2, 0) is 0 Å². The molecule has 3 heteroatoms. The van der Waals surface area contributed by atoms with Crippen LogP contribution in [0.3, 0.4) is 0 Å². The first kappa shape index (κ1) is 11.5. The molecule has 0 aliphatic carbocycles. The Balaban J connectivity index is 2.32. The zero-order valence-corrected chi connectivity index (χ0v) is 10.3. The molecule has 1 aromatic heterocycles. The molecular weight excluding hydrogens is 212 g/mol. The van der Waals surface area contributed by atoms with Crippen LogP contribution in [0.4, 0.5) is 5.69 Å². The molecule has 3 nitrogen and oxygen atoms in total. The molecule has 0 saturated heterocycles. The van der Waals surface area contributed by atoms with Crippen LogP contribution in [0.1, 0.15) is 0 Å². The smallest absolute Gasteiger partial charge is 0.122 e. The molecule has 2 rings (SSSR count). The highest BCUT2D eigenvalue weighted by molar-refractivity contribution is 5.64. The standard InChI is InChI=1S/C14H16N2O/c1-16(2)12-6-4-11(5-7-12)14-10-13(17-3)8-9-15-14/h4-10H,1-3H3. The van der Waals surface area contributed by atoms with Crippen molar-refractivity contribution in [1.82, 2.24) is 4.98 Å². The van der Waals surface area contributed by atoms with Crippen LogP contribution in [0.5, 0.6) is 5.75 Å². The zero-order chi connectivity index (χ0) is 12.3. The molecule has 0 bridgehead atoms. The number of pyridine rings is 1. The van der Waals surface area contributed by atoms with Gasteiger partial charge >= 0.3 is 0 Å². The highest BCUT2D eigenvalue weighted by Gasteiger charge is 2.01. The van der Waals surface area contributed by atoms with E-state index >= 15 is 0 Å². The number of methoxy groups -OCH3 is 1. The maximum Gasteiger partial charge on any atom is 0.122 e. The summed E-state index contributed by atoms with van der Waals surface area (Å²) in [7, 11) is 5.71. The first-order valence-electron chi connectivity index (χ1n) is 5.48. The number of ether oxygens (including phenoxy) is 1. The summed E-state index contributed by atoms with van der Waals surface area (Å²) in [5, 5.41) is 0. The van der Waals surface area contributed by atoms with Crippen LogP contribution in [0, 0.1) is 0 Å². The van der Waals surface area contributed by atoms with Crippen LogP contribution < -0.4 is 9.64 Å². The van der Waals surface area contributed by atoms with Gasteiger partial charge in [-0.05, 0) is 18.2 Å². The lowest BCUT2D eigenvalue weighted by molar-refractivity contribution is 0.414. The number of nitrogens with zero attached hydrogens (tertiary/aromatic N) is 2. The van der Waals surface area contributed by atoms with E-state index < -0.39 is 0 Å². The molecule has 0 atom stereocenters. The molecule has 17 heavy (non-hydrogen) atoms. The molecule has 88 valence electrons. The van der Waals surface area contributed by atoms with Gasteiger partial charge in [0, 0.05) is 37.6 Å². The topological polar surface area (TPSA) is 25.4 Å². The van der Waals surface area contributed by atoms with Gasteiger partial charge in [0.1, 0.15) is 5.75 Å². The summed E-state index contributed by atoms with van der Waals surface area (Å²) in [6.45, 7) is 0. The minimum absolute atomic E-state index is 0.826. The Morgan fingerprint density at radius 2 is 1.76 bits per heavy atom. The average Bonchev–Trinajstić information content (AvgIpc) is 2.39. The molecule has 0 aliphatic heterocycles. The summed E-state index contributed by atoms with van der Waals surface area (Å²) in [5.74, 6) is 0.826. The quantitative estimate of drug-likeness (QED) is 0.807. The Labute approximate surface area is 102 Å². The Hall–Kier alpha value is -2.03. The first-order valence-corrected chi connectivity index (χ1v) is 5.48. The van der Waals surface area contributed by atoms with E-state index in [1.807, 2.05) is 26.2 Å². The van der Waals surface area contributed by atoms with Crippen molar-refractivity contribution in [3.8, 4) is 17.0 Å². The monoisotopic (exact) mass is 228 g/mol. The lowest BCUT2D eigenvalue weighted by atomic mass is 10.1. The number of hydrogen-bond acceptors (Lipinski definition) is 3. The van der Waals surface area contributed by atoms with Gasteiger partial charge in [0.05, 0.1) is 12.8 Å². The number of hydrogen-bond donors (Lipinski definition) is 0. The van der Waals surface area contributed by atoms with Crippen molar-refractivity contribution >= 4 is 5.69 Å². The zero-order valence-electron chi connectivity index (χ0n) is 10.3. The highest BCUT2D eigenvalue weighted by Crippen LogP contribution is 2.23.